The van der Waals surface area contributed by atoms with E-state index in [0.29, 0.717) is 0 Å². The molecule has 4 aromatic rings. The molecule has 130 valence electrons. The Morgan fingerprint density at radius 2 is 1.88 bits per heavy atom. The number of aromatic amines is 1. The highest BCUT2D eigenvalue weighted by molar-refractivity contribution is 5.68. The first kappa shape index (κ1) is 16.0. The second kappa shape index (κ2) is 6.80. The van der Waals surface area contributed by atoms with Crippen LogP contribution >= 0.6 is 0 Å². The molecule has 0 atom stereocenters. The second-order valence-corrected chi connectivity index (χ2v) is 6.09. The van der Waals surface area contributed by atoms with Gasteiger partial charge in [-0.1, -0.05) is 18.2 Å². The summed E-state index contributed by atoms with van der Waals surface area (Å²) >= 11 is 0. The summed E-state index contributed by atoms with van der Waals surface area (Å²) in [5.41, 5.74) is 5.39. The summed E-state index contributed by atoms with van der Waals surface area (Å²) in [6.07, 6.45) is 3.71. The van der Waals surface area contributed by atoms with E-state index in [1.54, 1.807) is 13.3 Å². The number of nitrogens with zero attached hydrogens (tertiary/aromatic N) is 2. The smallest absolute Gasteiger partial charge is 0.120 e. The molecule has 0 bridgehead atoms. The van der Waals surface area contributed by atoms with Gasteiger partial charge in [0.05, 0.1) is 12.8 Å². The Kier molecular flexibility index (Phi) is 4.19. The van der Waals surface area contributed by atoms with Crippen LogP contribution in [-0.2, 0) is 0 Å². The van der Waals surface area contributed by atoms with E-state index in [1.807, 2.05) is 41.2 Å². The predicted molar refractivity (Wildman–Crippen MR) is 104 cm³/mol. The number of hydrogen-bond donors (Lipinski definition) is 2. The summed E-state index contributed by atoms with van der Waals surface area (Å²) in [5, 5.41) is 7.67. The molecule has 4 rings (SSSR count). The third kappa shape index (κ3) is 3.19. The molecule has 0 spiro atoms. The summed E-state index contributed by atoms with van der Waals surface area (Å²) in [4.78, 5) is 3.42. The van der Waals surface area contributed by atoms with Crippen molar-refractivity contribution in [3.8, 4) is 22.7 Å². The molecular formula is C21H20N4O. The molecular weight excluding hydrogens is 324 g/mol. The molecule has 26 heavy (non-hydrogen) atoms. The van der Waals surface area contributed by atoms with Gasteiger partial charge < -0.3 is 15.0 Å². The quantitative estimate of drug-likeness (QED) is 0.540. The zero-order valence-corrected chi connectivity index (χ0v) is 14.7. The molecule has 0 saturated carbocycles. The molecule has 5 heteroatoms. The molecule has 0 aliphatic heterocycles. The van der Waals surface area contributed by atoms with Gasteiger partial charge in [0.2, 0.25) is 0 Å². The van der Waals surface area contributed by atoms with Gasteiger partial charge in [-0.2, -0.15) is 5.10 Å². The van der Waals surface area contributed by atoms with Crippen molar-refractivity contribution in [1.29, 1.82) is 0 Å². The third-order valence-corrected chi connectivity index (χ3v) is 4.35. The molecule has 0 radical (unpaired) electrons. The highest BCUT2D eigenvalue weighted by atomic mass is 16.5. The SMILES string of the molecule is COc1ccc(C)c(Nc2ccc(-c3ccc(-n4cccn4)cc3)[nH]2)c1. The molecule has 2 aromatic heterocycles. The number of aromatic nitrogens is 3. The first-order valence-corrected chi connectivity index (χ1v) is 8.44. The molecule has 0 fully saturated rings. The Morgan fingerprint density at radius 3 is 2.62 bits per heavy atom. The van der Waals surface area contributed by atoms with Crippen LogP contribution in [0.25, 0.3) is 16.9 Å². The minimum absolute atomic E-state index is 0.832. The fraction of sp³-hybridized carbons (Fsp3) is 0.0952. The Labute approximate surface area is 152 Å². The fourth-order valence-electron chi connectivity index (χ4n) is 2.86. The van der Waals surface area contributed by atoms with Crippen molar-refractivity contribution in [3.63, 3.8) is 0 Å². The monoisotopic (exact) mass is 344 g/mol. The van der Waals surface area contributed by atoms with E-state index in [4.69, 9.17) is 4.74 Å². The van der Waals surface area contributed by atoms with Crippen LogP contribution in [0.4, 0.5) is 11.5 Å². The maximum absolute atomic E-state index is 5.31. The lowest BCUT2D eigenvalue weighted by Crippen LogP contribution is -1.95. The number of rotatable bonds is 5. The zero-order chi connectivity index (χ0) is 17.9. The summed E-state index contributed by atoms with van der Waals surface area (Å²) in [5.74, 6) is 1.77. The van der Waals surface area contributed by atoms with Gasteiger partial charge in [0.1, 0.15) is 11.6 Å². The van der Waals surface area contributed by atoms with Crippen LogP contribution in [-0.4, -0.2) is 21.9 Å². The van der Waals surface area contributed by atoms with Crippen LogP contribution in [0, 0.1) is 6.92 Å². The molecule has 2 N–H and O–H groups in total. The number of methoxy groups -OCH3 is 1. The van der Waals surface area contributed by atoms with Crippen LogP contribution in [0.15, 0.2) is 73.1 Å². The Bertz CT molecular complexity index is 1000. The minimum atomic E-state index is 0.832. The number of anilines is 2. The minimum Gasteiger partial charge on any atom is -0.497 e. The number of benzene rings is 2. The summed E-state index contributed by atoms with van der Waals surface area (Å²) in [6, 6.07) is 20.3. The number of nitrogens with one attached hydrogen (secondary N) is 2. The van der Waals surface area contributed by atoms with Crippen LogP contribution in [0.3, 0.4) is 0 Å². The third-order valence-electron chi connectivity index (χ3n) is 4.35. The van der Waals surface area contributed by atoms with Gasteiger partial charge >= 0.3 is 0 Å². The van der Waals surface area contributed by atoms with Gasteiger partial charge in [0.25, 0.3) is 0 Å². The summed E-state index contributed by atoms with van der Waals surface area (Å²) < 4.78 is 7.15. The topological polar surface area (TPSA) is 54.9 Å². The highest BCUT2D eigenvalue weighted by Gasteiger charge is 2.06. The van der Waals surface area contributed by atoms with Crippen LogP contribution < -0.4 is 10.1 Å². The van der Waals surface area contributed by atoms with Crippen molar-refractivity contribution < 1.29 is 4.74 Å². The Morgan fingerprint density at radius 1 is 1.04 bits per heavy atom. The number of H-pyrrole nitrogens is 1. The molecule has 2 heterocycles. The first-order valence-electron chi connectivity index (χ1n) is 8.44. The molecule has 2 aromatic carbocycles. The predicted octanol–water partition coefficient (Wildman–Crippen LogP) is 4.93. The fourth-order valence-corrected chi connectivity index (χ4v) is 2.86. The molecule has 0 unspecified atom stereocenters. The molecule has 0 saturated heterocycles. The number of aryl methyl sites for hydroxylation is 1. The lowest BCUT2D eigenvalue weighted by atomic mass is 10.1. The normalized spacial score (nSPS) is 10.7. The highest BCUT2D eigenvalue weighted by Crippen LogP contribution is 2.27. The average molecular weight is 344 g/mol. The molecule has 0 aliphatic carbocycles. The van der Waals surface area contributed by atoms with E-state index in [0.717, 1.165) is 39.8 Å². The van der Waals surface area contributed by atoms with E-state index in [-0.39, 0.29) is 0 Å². The summed E-state index contributed by atoms with van der Waals surface area (Å²) in [6.45, 7) is 2.07. The van der Waals surface area contributed by atoms with Crippen LogP contribution in [0.2, 0.25) is 0 Å². The molecule has 5 nitrogen and oxygen atoms in total. The molecule has 0 aliphatic rings. The van der Waals surface area contributed by atoms with Gasteiger partial charge in [0, 0.05) is 29.8 Å². The first-order chi connectivity index (χ1) is 12.7. The summed E-state index contributed by atoms with van der Waals surface area (Å²) in [7, 11) is 1.67. The van der Waals surface area contributed by atoms with Crippen molar-refractivity contribution in [2.24, 2.45) is 0 Å². The lowest BCUT2D eigenvalue weighted by molar-refractivity contribution is 0.415. The maximum atomic E-state index is 5.31. The zero-order valence-electron chi connectivity index (χ0n) is 14.7. The maximum Gasteiger partial charge on any atom is 0.120 e. The van der Waals surface area contributed by atoms with Crippen molar-refractivity contribution in [3.05, 3.63) is 78.6 Å². The largest absolute Gasteiger partial charge is 0.497 e. The molecule has 0 amide bonds. The van der Waals surface area contributed by atoms with Gasteiger partial charge in [-0.3, -0.25) is 0 Å². The van der Waals surface area contributed by atoms with Gasteiger partial charge in [-0.25, -0.2) is 4.68 Å². The van der Waals surface area contributed by atoms with Crippen molar-refractivity contribution in [1.82, 2.24) is 14.8 Å². The van der Waals surface area contributed by atoms with E-state index in [2.05, 4.69) is 52.7 Å². The van der Waals surface area contributed by atoms with Gasteiger partial charge in [-0.15, -0.1) is 0 Å². The Balaban J connectivity index is 1.55. The van der Waals surface area contributed by atoms with Crippen molar-refractivity contribution >= 4 is 11.5 Å². The van der Waals surface area contributed by atoms with Crippen LogP contribution in [0.5, 0.6) is 5.75 Å². The standard InChI is InChI=1S/C21H20N4O/c1-15-4-9-18(26-2)14-20(15)24-21-11-10-19(23-21)16-5-7-17(8-6-16)25-13-3-12-22-25/h3-14,23-24H,1-2H3. The van der Waals surface area contributed by atoms with E-state index in [1.165, 1.54) is 0 Å². The average Bonchev–Trinajstić information content (AvgIpc) is 3.36. The van der Waals surface area contributed by atoms with Crippen LogP contribution in [0.1, 0.15) is 5.56 Å². The number of hydrogen-bond acceptors (Lipinski definition) is 3. The van der Waals surface area contributed by atoms with E-state index < -0.39 is 0 Å². The van der Waals surface area contributed by atoms with E-state index in [9.17, 15) is 0 Å². The number of ether oxygens (including phenoxy) is 1. The van der Waals surface area contributed by atoms with Crippen molar-refractivity contribution in [2.75, 3.05) is 12.4 Å². The van der Waals surface area contributed by atoms with Gasteiger partial charge in [0.15, 0.2) is 0 Å². The van der Waals surface area contributed by atoms with Crippen molar-refractivity contribution in [2.45, 2.75) is 6.92 Å². The van der Waals surface area contributed by atoms with Gasteiger partial charge in [-0.05, 0) is 54.4 Å². The lowest BCUT2D eigenvalue weighted by Gasteiger charge is -2.10. The second-order valence-electron chi connectivity index (χ2n) is 6.09. The van der Waals surface area contributed by atoms with E-state index >= 15 is 0 Å². The Hall–Kier alpha value is -3.47.